The summed E-state index contributed by atoms with van der Waals surface area (Å²) >= 11 is 0. The highest BCUT2D eigenvalue weighted by molar-refractivity contribution is 5.77. The number of nitrogens with two attached hydrogens (primary N) is 1. The van der Waals surface area contributed by atoms with Gasteiger partial charge in [0.2, 0.25) is 0 Å². The van der Waals surface area contributed by atoms with Crippen molar-refractivity contribution in [3.8, 4) is 0 Å². The van der Waals surface area contributed by atoms with Crippen molar-refractivity contribution < 1.29 is 4.42 Å². The van der Waals surface area contributed by atoms with E-state index in [9.17, 15) is 0 Å². The highest BCUT2D eigenvalue weighted by Gasteiger charge is 2.25. The number of hydrogen-bond donors (Lipinski definition) is 1. The number of aryl methyl sites for hydroxylation is 2. The van der Waals surface area contributed by atoms with Crippen molar-refractivity contribution in [3.63, 3.8) is 0 Å². The molecule has 1 aliphatic rings. The Hall–Kier alpha value is -1.35. The van der Waals surface area contributed by atoms with Gasteiger partial charge in [0.05, 0.1) is 0 Å². The third-order valence-corrected chi connectivity index (χ3v) is 3.90. The predicted octanol–water partition coefficient (Wildman–Crippen LogP) is 3.43. The summed E-state index contributed by atoms with van der Waals surface area (Å²) in [6, 6.07) is 4.55. The van der Waals surface area contributed by atoms with Crippen LogP contribution in [-0.2, 0) is 0 Å². The van der Waals surface area contributed by atoms with Crippen LogP contribution in [0.4, 0.5) is 0 Å². The van der Waals surface area contributed by atoms with Gasteiger partial charge in [-0.2, -0.15) is 0 Å². The van der Waals surface area contributed by atoms with Crippen LogP contribution in [0.5, 0.6) is 0 Å². The van der Waals surface area contributed by atoms with Crippen LogP contribution in [0.2, 0.25) is 0 Å². The molecule has 2 aromatic rings. The normalized spacial score (nSPS) is 24.6. The lowest BCUT2D eigenvalue weighted by Crippen LogP contribution is -2.26. The van der Waals surface area contributed by atoms with Gasteiger partial charge in [-0.05, 0) is 50.3 Å². The topological polar surface area (TPSA) is 52.0 Å². The summed E-state index contributed by atoms with van der Waals surface area (Å²) in [5.74, 6) is 1.29. The lowest BCUT2D eigenvalue weighted by molar-refractivity contribution is 0.342. The Morgan fingerprint density at radius 3 is 2.89 bits per heavy atom. The van der Waals surface area contributed by atoms with E-state index in [1.165, 1.54) is 17.5 Å². The van der Waals surface area contributed by atoms with Crippen molar-refractivity contribution in [2.75, 3.05) is 0 Å². The van der Waals surface area contributed by atoms with Crippen LogP contribution in [-0.4, -0.2) is 11.0 Å². The molecular formula is C15H20N2O. The number of fused-ring (bicyclic) bond motifs is 1. The predicted molar refractivity (Wildman–Crippen MR) is 72.7 cm³/mol. The average Bonchev–Trinajstić information content (AvgIpc) is 2.73. The van der Waals surface area contributed by atoms with Crippen molar-refractivity contribution in [1.29, 1.82) is 0 Å². The molecule has 2 unspecified atom stereocenters. The molecule has 0 spiro atoms. The second kappa shape index (κ2) is 4.39. The zero-order valence-electron chi connectivity index (χ0n) is 11.1. The number of rotatable bonds is 1. The molecule has 0 saturated heterocycles. The lowest BCUT2D eigenvalue weighted by Gasteiger charge is -2.23. The monoisotopic (exact) mass is 244 g/mol. The molecule has 0 amide bonds. The second-order valence-electron chi connectivity index (χ2n) is 5.61. The molecule has 0 radical (unpaired) electrons. The fraction of sp³-hybridized carbons (Fsp3) is 0.533. The average molecular weight is 244 g/mol. The molecule has 0 aliphatic heterocycles. The van der Waals surface area contributed by atoms with E-state index in [0.717, 1.165) is 36.3 Å². The van der Waals surface area contributed by atoms with E-state index in [-0.39, 0.29) is 0 Å². The Bertz CT molecular complexity index is 573. The van der Waals surface area contributed by atoms with Crippen molar-refractivity contribution in [1.82, 2.24) is 4.98 Å². The number of oxazole rings is 1. The quantitative estimate of drug-likeness (QED) is 0.836. The van der Waals surface area contributed by atoms with Gasteiger partial charge < -0.3 is 10.2 Å². The minimum Gasteiger partial charge on any atom is -0.440 e. The van der Waals surface area contributed by atoms with Gasteiger partial charge in [0.15, 0.2) is 11.5 Å². The lowest BCUT2D eigenvalue weighted by atomic mass is 9.86. The molecule has 3 rings (SSSR count). The van der Waals surface area contributed by atoms with Crippen LogP contribution in [0.3, 0.4) is 0 Å². The molecule has 3 nitrogen and oxygen atoms in total. The minimum atomic E-state index is 0.307. The van der Waals surface area contributed by atoms with Gasteiger partial charge in [-0.15, -0.1) is 0 Å². The van der Waals surface area contributed by atoms with Crippen LogP contribution in [0.15, 0.2) is 16.5 Å². The van der Waals surface area contributed by atoms with Crippen LogP contribution in [0.25, 0.3) is 11.1 Å². The molecule has 18 heavy (non-hydrogen) atoms. The molecule has 1 fully saturated rings. The van der Waals surface area contributed by atoms with E-state index < -0.39 is 0 Å². The van der Waals surface area contributed by atoms with Gasteiger partial charge in [-0.3, -0.25) is 0 Å². The third-order valence-electron chi connectivity index (χ3n) is 3.90. The van der Waals surface area contributed by atoms with Gasteiger partial charge in [0, 0.05) is 12.0 Å². The molecule has 1 aromatic carbocycles. The van der Waals surface area contributed by atoms with E-state index in [2.05, 4.69) is 31.0 Å². The highest BCUT2D eigenvalue weighted by Crippen LogP contribution is 2.34. The summed E-state index contributed by atoms with van der Waals surface area (Å²) in [6.07, 6.45) is 4.47. The third kappa shape index (κ3) is 2.03. The zero-order valence-corrected chi connectivity index (χ0v) is 11.1. The summed E-state index contributed by atoms with van der Waals surface area (Å²) in [5.41, 5.74) is 10.4. The number of benzene rings is 1. The molecular weight excluding hydrogens is 224 g/mol. The summed E-state index contributed by atoms with van der Waals surface area (Å²) in [5, 5.41) is 0. The highest BCUT2D eigenvalue weighted by atomic mass is 16.3. The smallest absolute Gasteiger partial charge is 0.198 e. The number of aromatic nitrogens is 1. The zero-order chi connectivity index (χ0) is 12.7. The Morgan fingerprint density at radius 2 is 2.11 bits per heavy atom. The van der Waals surface area contributed by atoms with Crippen LogP contribution < -0.4 is 5.73 Å². The standard InChI is InChI=1S/C15H20N2O/c1-9-6-10(2)14-13(7-9)17-15(18-14)11-4-3-5-12(16)8-11/h6-7,11-12H,3-5,8,16H2,1-2H3. The molecule has 3 heteroatoms. The number of nitrogens with zero attached hydrogens (tertiary/aromatic N) is 1. The Kier molecular flexibility index (Phi) is 2.86. The molecule has 1 aliphatic carbocycles. The first kappa shape index (κ1) is 11.7. The van der Waals surface area contributed by atoms with Crippen molar-refractivity contribution in [2.24, 2.45) is 5.73 Å². The van der Waals surface area contributed by atoms with Gasteiger partial charge in [-0.25, -0.2) is 4.98 Å². The van der Waals surface area contributed by atoms with Gasteiger partial charge >= 0.3 is 0 Å². The first-order valence-electron chi connectivity index (χ1n) is 6.77. The molecule has 96 valence electrons. The summed E-state index contributed by atoms with van der Waals surface area (Å²) in [7, 11) is 0. The SMILES string of the molecule is Cc1cc(C)c2oc(C3CCCC(N)C3)nc2c1. The maximum absolute atomic E-state index is 6.04. The first-order valence-corrected chi connectivity index (χ1v) is 6.77. The second-order valence-corrected chi connectivity index (χ2v) is 5.61. The molecule has 1 heterocycles. The molecule has 2 N–H and O–H groups in total. The molecule has 1 saturated carbocycles. The first-order chi connectivity index (χ1) is 8.63. The van der Waals surface area contributed by atoms with E-state index >= 15 is 0 Å². The Morgan fingerprint density at radius 1 is 1.28 bits per heavy atom. The van der Waals surface area contributed by atoms with Gasteiger partial charge in [-0.1, -0.05) is 12.5 Å². The Labute approximate surface area is 107 Å². The fourth-order valence-electron chi connectivity index (χ4n) is 3.02. The maximum atomic E-state index is 6.04. The Balaban J connectivity index is 2.00. The van der Waals surface area contributed by atoms with E-state index in [1.54, 1.807) is 0 Å². The van der Waals surface area contributed by atoms with E-state index in [4.69, 9.17) is 10.2 Å². The van der Waals surface area contributed by atoms with Crippen molar-refractivity contribution in [2.45, 2.75) is 51.5 Å². The molecule has 0 bridgehead atoms. The summed E-state index contributed by atoms with van der Waals surface area (Å²) in [4.78, 5) is 4.67. The minimum absolute atomic E-state index is 0.307. The number of hydrogen-bond acceptors (Lipinski definition) is 3. The maximum Gasteiger partial charge on any atom is 0.198 e. The molecule has 1 aromatic heterocycles. The summed E-state index contributed by atoms with van der Waals surface area (Å²) < 4.78 is 5.97. The van der Waals surface area contributed by atoms with Crippen LogP contribution >= 0.6 is 0 Å². The molecule has 2 atom stereocenters. The van der Waals surface area contributed by atoms with E-state index in [0.29, 0.717) is 12.0 Å². The van der Waals surface area contributed by atoms with E-state index in [1.807, 2.05) is 0 Å². The fourth-order valence-corrected chi connectivity index (χ4v) is 3.02. The van der Waals surface area contributed by atoms with Gasteiger partial charge in [0.1, 0.15) is 5.52 Å². The van der Waals surface area contributed by atoms with Crippen molar-refractivity contribution >= 4 is 11.1 Å². The van der Waals surface area contributed by atoms with Crippen molar-refractivity contribution in [3.05, 3.63) is 29.2 Å². The van der Waals surface area contributed by atoms with Gasteiger partial charge in [0.25, 0.3) is 0 Å². The largest absolute Gasteiger partial charge is 0.440 e. The van der Waals surface area contributed by atoms with Crippen LogP contribution in [0, 0.1) is 13.8 Å². The summed E-state index contributed by atoms with van der Waals surface area (Å²) in [6.45, 7) is 4.17. The van der Waals surface area contributed by atoms with Crippen LogP contribution in [0.1, 0.15) is 48.6 Å².